The number of para-hydroxylation sites is 1. The normalized spacial score (nSPS) is 14.9. The Balaban J connectivity index is 1.29. The van der Waals surface area contributed by atoms with E-state index in [0.717, 1.165) is 24.8 Å². The zero-order valence-corrected chi connectivity index (χ0v) is 17.6. The number of rotatable bonds is 5. The molecule has 1 amide bonds. The molecule has 0 aliphatic heterocycles. The summed E-state index contributed by atoms with van der Waals surface area (Å²) >= 11 is 0. The number of nitrogens with one attached hydrogen (secondary N) is 1. The highest BCUT2D eigenvalue weighted by Gasteiger charge is 2.21. The first-order chi connectivity index (χ1) is 15.8. The van der Waals surface area contributed by atoms with Gasteiger partial charge in [-0.3, -0.25) is 4.79 Å². The van der Waals surface area contributed by atoms with Crippen molar-refractivity contribution in [3.8, 4) is 23.0 Å². The van der Waals surface area contributed by atoms with Gasteiger partial charge in [0.2, 0.25) is 5.88 Å². The number of benzene rings is 3. The molecule has 1 aromatic heterocycles. The summed E-state index contributed by atoms with van der Waals surface area (Å²) in [5, 5.41) is 3.20. The first kappa shape index (κ1) is 19.9. The van der Waals surface area contributed by atoms with Crippen LogP contribution in [0.25, 0.3) is 11.4 Å². The number of aryl methyl sites for hydroxylation is 1. The highest BCUT2D eigenvalue weighted by atomic mass is 16.5. The van der Waals surface area contributed by atoms with E-state index in [1.54, 1.807) is 12.3 Å². The van der Waals surface area contributed by atoms with Crippen LogP contribution in [-0.2, 0) is 6.42 Å². The van der Waals surface area contributed by atoms with Gasteiger partial charge < -0.3 is 10.1 Å². The topological polar surface area (TPSA) is 64.1 Å². The van der Waals surface area contributed by atoms with Gasteiger partial charge in [-0.05, 0) is 54.7 Å². The summed E-state index contributed by atoms with van der Waals surface area (Å²) in [6.07, 6.45) is 4.79. The Hall–Kier alpha value is -3.99. The van der Waals surface area contributed by atoms with Gasteiger partial charge in [0.05, 0.1) is 6.04 Å². The molecule has 0 fully saturated rings. The highest BCUT2D eigenvalue weighted by molar-refractivity contribution is 5.94. The van der Waals surface area contributed by atoms with Gasteiger partial charge in [0, 0.05) is 23.4 Å². The van der Waals surface area contributed by atoms with E-state index in [4.69, 9.17) is 4.74 Å². The number of hydrogen-bond acceptors (Lipinski definition) is 4. The molecular formula is C27H23N3O2. The number of ether oxygens (including phenoxy) is 1. The number of nitrogens with zero attached hydrogens (tertiary/aromatic N) is 2. The van der Waals surface area contributed by atoms with Crippen LogP contribution in [-0.4, -0.2) is 15.9 Å². The Kier molecular flexibility index (Phi) is 5.62. The SMILES string of the molecule is O=C(N[C@@H]1CCCc2ccccc21)c1ccc(-c2nccc(Oc3ccccc3)n2)cc1. The van der Waals surface area contributed by atoms with Gasteiger partial charge in [0.25, 0.3) is 5.91 Å². The van der Waals surface area contributed by atoms with Crippen LogP contribution < -0.4 is 10.1 Å². The predicted octanol–water partition coefficient (Wildman–Crippen LogP) is 5.74. The fourth-order valence-corrected chi connectivity index (χ4v) is 4.06. The van der Waals surface area contributed by atoms with Crippen LogP contribution in [0.5, 0.6) is 11.6 Å². The van der Waals surface area contributed by atoms with E-state index >= 15 is 0 Å². The van der Waals surface area contributed by atoms with Crippen LogP contribution >= 0.6 is 0 Å². The number of carbonyl (C=O) groups is 1. The molecule has 0 saturated carbocycles. The fraction of sp³-hybridized carbons (Fsp3) is 0.148. The molecule has 0 bridgehead atoms. The molecule has 5 nitrogen and oxygen atoms in total. The summed E-state index contributed by atoms with van der Waals surface area (Å²) in [6.45, 7) is 0. The molecule has 0 unspecified atom stereocenters. The van der Waals surface area contributed by atoms with E-state index in [2.05, 4.69) is 33.5 Å². The molecule has 1 N–H and O–H groups in total. The number of fused-ring (bicyclic) bond motifs is 1. The van der Waals surface area contributed by atoms with Crippen molar-refractivity contribution in [1.29, 1.82) is 0 Å². The first-order valence-corrected chi connectivity index (χ1v) is 10.8. The molecule has 158 valence electrons. The van der Waals surface area contributed by atoms with Gasteiger partial charge in [0.15, 0.2) is 5.82 Å². The van der Waals surface area contributed by atoms with Gasteiger partial charge >= 0.3 is 0 Å². The van der Waals surface area contributed by atoms with Crippen molar-refractivity contribution in [3.05, 3.63) is 108 Å². The van der Waals surface area contributed by atoms with E-state index in [9.17, 15) is 4.79 Å². The third-order valence-electron chi connectivity index (χ3n) is 5.68. The lowest BCUT2D eigenvalue weighted by atomic mass is 9.87. The van der Waals surface area contributed by atoms with Gasteiger partial charge in [-0.2, -0.15) is 4.98 Å². The van der Waals surface area contributed by atoms with Crippen molar-refractivity contribution in [3.63, 3.8) is 0 Å². The highest BCUT2D eigenvalue weighted by Crippen LogP contribution is 2.30. The van der Waals surface area contributed by atoms with Gasteiger partial charge in [-0.15, -0.1) is 0 Å². The van der Waals surface area contributed by atoms with Crippen molar-refractivity contribution in [1.82, 2.24) is 15.3 Å². The molecular weight excluding hydrogens is 398 g/mol. The second-order valence-electron chi connectivity index (χ2n) is 7.83. The lowest BCUT2D eigenvalue weighted by Gasteiger charge is -2.26. The lowest BCUT2D eigenvalue weighted by Crippen LogP contribution is -2.30. The summed E-state index contributed by atoms with van der Waals surface area (Å²) in [6, 6.07) is 27.0. The molecule has 1 atom stereocenters. The average molecular weight is 422 g/mol. The average Bonchev–Trinajstić information content (AvgIpc) is 2.85. The second kappa shape index (κ2) is 9.02. The van der Waals surface area contributed by atoms with Gasteiger partial charge in [-0.25, -0.2) is 4.98 Å². The summed E-state index contributed by atoms with van der Waals surface area (Å²) in [4.78, 5) is 21.7. The smallest absolute Gasteiger partial charge is 0.251 e. The van der Waals surface area contributed by atoms with Gasteiger partial charge in [-0.1, -0.05) is 54.6 Å². The number of carbonyl (C=O) groups excluding carboxylic acids is 1. The van der Waals surface area contributed by atoms with Crippen molar-refractivity contribution < 1.29 is 9.53 Å². The summed E-state index contributed by atoms with van der Waals surface area (Å²) in [5.41, 5.74) is 4.00. The summed E-state index contributed by atoms with van der Waals surface area (Å²) in [5.74, 6) is 1.67. The monoisotopic (exact) mass is 421 g/mol. The first-order valence-electron chi connectivity index (χ1n) is 10.8. The minimum absolute atomic E-state index is 0.0577. The molecule has 5 rings (SSSR count). The molecule has 5 heteroatoms. The largest absolute Gasteiger partial charge is 0.439 e. The number of aromatic nitrogens is 2. The van der Waals surface area contributed by atoms with E-state index in [-0.39, 0.29) is 11.9 Å². The van der Waals surface area contributed by atoms with E-state index in [1.165, 1.54) is 11.1 Å². The molecule has 1 aliphatic carbocycles. The van der Waals surface area contributed by atoms with Crippen molar-refractivity contribution in [2.24, 2.45) is 0 Å². The minimum atomic E-state index is -0.0691. The molecule has 3 aromatic carbocycles. The minimum Gasteiger partial charge on any atom is -0.439 e. The Morgan fingerprint density at radius 3 is 2.53 bits per heavy atom. The third kappa shape index (κ3) is 4.37. The second-order valence-corrected chi connectivity index (χ2v) is 7.83. The van der Waals surface area contributed by atoms with Crippen LogP contribution in [0.2, 0.25) is 0 Å². The number of hydrogen-bond donors (Lipinski definition) is 1. The van der Waals surface area contributed by atoms with Gasteiger partial charge in [0.1, 0.15) is 5.75 Å². The van der Waals surface area contributed by atoms with Crippen molar-refractivity contribution in [2.45, 2.75) is 25.3 Å². The molecule has 4 aromatic rings. The number of amides is 1. The molecule has 1 heterocycles. The quantitative estimate of drug-likeness (QED) is 0.446. The maximum Gasteiger partial charge on any atom is 0.251 e. The Bertz CT molecular complexity index is 1220. The van der Waals surface area contributed by atoms with Crippen LogP contribution in [0.4, 0.5) is 0 Å². The Morgan fingerprint density at radius 2 is 1.69 bits per heavy atom. The maximum absolute atomic E-state index is 12.9. The molecule has 0 spiro atoms. The molecule has 0 saturated heterocycles. The predicted molar refractivity (Wildman–Crippen MR) is 124 cm³/mol. The molecule has 0 radical (unpaired) electrons. The van der Waals surface area contributed by atoms with Crippen LogP contribution in [0, 0.1) is 0 Å². The fourth-order valence-electron chi connectivity index (χ4n) is 4.06. The lowest BCUT2D eigenvalue weighted by molar-refractivity contribution is 0.0933. The molecule has 32 heavy (non-hydrogen) atoms. The van der Waals surface area contributed by atoms with E-state index in [0.29, 0.717) is 23.0 Å². The third-order valence-corrected chi connectivity index (χ3v) is 5.68. The Labute approximate surface area is 187 Å². The van der Waals surface area contributed by atoms with Crippen LogP contribution in [0.1, 0.15) is 40.4 Å². The van der Waals surface area contributed by atoms with Crippen LogP contribution in [0.15, 0.2) is 91.1 Å². The van der Waals surface area contributed by atoms with E-state index in [1.807, 2.05) is 60.7 Å². The van der Waals surface area contributed by atoms with Crippen LogP contribution in [0.3, 0.4) is 0 Å². The zero-order valence-electron chi connectivity index (χ0n) is 17.6. The standard InChI is InChI=1S/C27H23N3O2/c31-27(29-24-12-6-8-19-7-4-5-11-23(19)24)21-15-13-20(14-16-21)26-28-18-17-25(30-26)32-22-9-2-1-3-10-22/h1-5,7,9-11,13-18,24H,6,8,12H2,(H,29,31)/t24-/m1/s1. The summed E-state index contributed by atoms with van der Waals surface area (Å²) < 4.78 is 5.80. The zero-order chi connectivity index (χ0) is 21.8. The summed E-state index contributed by atoms with van der Waals surface area (Å²) in [7, 11) is 0. The molecule has 1 aliphatic rings. The Morgan fingerprint density at radius 1 is 0.906 bits per heavy atom. The van der Waals surface area contributed by atoms with Crippen molar-refractivity contribution in [2.75, 3.05) is 0 Å². The maximum atomic E-state index is 12.9. The van der Waals surface area contributed by atoms with Crippen molar-refractivity contribution >= 4 is 5.91 Å². The van der Waals surface area contributed by atoms with E-state index < -0.39 is 0 Å².